The molecular formula is C22H35N3O6S. The van der Waals surface area contributed by atoms with Gasteiger partial charge in [0.05, 0.1) is 7.11 Å². The van der Waals surface area contributed by atoms with E-state index in [4.69, 9.17) is 19.9 Å². The molecule has 0 bridgehead atoms. The SMILES string of the molecule is COC(=O)C(N)(CCSC)Cc1cccnc1N(C(=O)OC(C)(C)C)C(=O)OC(C)(C)C. The zero-order valence-electron chi connectivity index (χ0n) is 20.2. The zero-order chi connectivity index (χ0) is 24.7. The number of pyridine rings is 1. The lowest BCUT2D eigenvalue weighted by atomic mass is 9.89. The number of anilines is 1. The summed E-state index contributed by atoms with van der Waals surface area (Å²) in [5.41, 5.74) is 3.72. The summed E-state index contributed by atoms with van der Waals surface area (Å²) in [5.74, 6) is 0.00424. The molecule has 0 fully saturated rings. The molecule has 0 aliphatic carbocycles. The molecule has 0 saturated carbocycles. The highest BCUT2D eigenvalue weighted by Crippen LogP contribution is 2.28. The van der Waals surface area contributed by atoms with Gasteiger partial charge in [-0.2, -0.15) is 16.7 Å². The lowest BCUT2D eigenvalue weighted by Crippen LogP contribution is -2.52. The van der Waals surface area contributed by atoms with Crippen LogP contribution in [0.1, 0.15) is 53.5 Å². The molecule has 2 amide bonds. The van der Waals surface area contributed by atoms with Crippen molar-refractivity contribution >= 4 is 35.7 Å². The Balaban J connectivity index is 3.50. The Morgan fingerprint density at radius 3 is 2.03 bits per heavy atom. The summed E-state index contributed by atoms with van der Waals surface area (Å²) in [6, 6.07) is 3.28. The average Bonchev–Trinajstić information content (AvgIpc) is 2.64. The van der Waals surface area contributed by atoms with Gasteiger partial charge in [-0.15, -0.1) is 0 Å². The number of hydrogen-bond acceptors (Lipinski definition) is 9. The van der Waals surface area contributed by atoms with Crippen LogP contribution in [-0.2, 0) is 25.4 Å². The quantitative estimate of drug-likeness (QED) is 0.467. The van der Waals surface area contributed by atoms with Crippen LogP contribution >= 0.6 is 11.8 Å². The van der Waals surface area contributed by atoms with Gasteiger partial charge in [-0.25, -0.2) is 14.6 Å². The number of imide groups is 1. The van der Waals surface area contributed by atoms with Crippen molar-refractivity contribution in [1.29, 1.82) is 0 Å². The molecule has 0 aromatic carbocycles. The number of carbonyl (C=O) groups is 3. The number of nitrogens with zero attached hydrogens (tertiary/aromatic N) is 2. The van der Waals surface area contributed by atoms with Crippen LogP contribution in [0.25, 0.3) is 0 Å². The molecule has 32 heavy (non-hydrogen) atoms. The van der Waals surface area contributed by atoms with Crippen LogP contribution in [0, 0.1) is 0 Å². The third-order valence-electron chi connectivity index (χ3n) is 4.08. The van der Waals surface area contributed by atoms with Gasteiger partial charge in [0, 0.05) is 12.6 Å². The Morgan fingerprint density at radius 2 is 1.59 bits per heavy atom. The van der Waals surface area contributed by atoms with Crippen molar-refractivity contribution in [2.45, 2.75) is 71.1 Å². The molecule has 0 spiro atoms. The first-order chi connectivity index (χ1) is 14.6. The van der Waals surface area contributed by atoms with Gasteiger partial charge in [-0.05, 0) is 71.6 Å². The second-order valence-electron chi connectivity index (χ2n) is 9.35. The maximum atomic E-state index is 13.0. The predicted octanol–water partition coefficient (Wildman–Crippen LogP) is 3.92. The van der Waals surface area contributed by atoms with Crippen molar-refractivity contribution in [3.05, 3.63) is 23.9 Å². The fraction of sp³-hybridized carbons (Fsp3) is 0.636. The van der Waals surface area contributed by atoms with E-state index in [9.17, 15) is 14.4 Å². The monoisotopic (exact) mass is 469 g/mol. The summed E-state index contributed by atoms with van der Waals surface area (Å²) >= 11 is 1.54. The van der Waals surface area contributed by atoms with E-state index in [2.05, 4.69) is 4.98 Å². The molecule has 10 heteroatoms. The van der Waals surface area contributed by atoms with Crippen LogP contribution in [0.3, 0.4) is 0 Å². The highest BCUT2D eigenvalue weighted by molar-refractivity contribution is 7.98. The van der Waals surface area contributed by atoms with E-state index in [1.165, 1.54) is 25.1 Å². The van der Waals surface area contributed by atoms with Crippen LogP contribution < -0.4 is 10.6 Å². The zero-order valence-corrected chi connectivity index (χ0v) is 21.0. The molecule has 180 valence electrons. The number of ether oxygens (including phenoxy) is 3. The molecule has 1 heterocycles. The number of thioether (sulfide) groups is 1. The molecule has 0 saturated heterocycles. The first-order valence-corrected chi connectivity index (χ1v) is 11.6. The summed E-state index contributed by atoms with van der Waals surface area (Å²) in [7, 11) is 1.26. The molecule has 1 atom stereocenters. The highest BCUT2D eigenvalue weighted by atomic mass is 32.2. The molecular weight excluding hydrogens is 434 g/mol. The van der Waals surface area contributed by atoms with Crippen molar-refractivity contribution < 1.29 is 28.6 Å². The van der Waals surface area contributed by atoms with E-state index in [1.807, 2.05) is 6.26 Å². The maximum Gasteiger partial charge on any atom is 0.425 e. The van der Waals surface area contributed by atoms with Gasteiger partial charge < -0.3 is 19.9 Å². The molecule has 0 radical (unpaired) electrons. The molecule has 0 aliphatic heterocycles. The van der Waals surface area contributed by atoms with Gasteiger partial charge in [0.2, 0.25) is 0 Å². The van der Waals surface area contributed by atoms with Crippen molar-refractivity contribution in [2.24, 2.45) is 5.73 Å². The minimum absolute atomic E-state index is 0.00843. The highest BCUT2D eigenvalue weighted by Gasteiger charge is 2.39. The van der Waals surface area contributed by atoms with E-state index in [0.29, 0.717) is 17.7 Å². The van der Waals surface area contributed by atoms with Gasteiger partial charge in [0.1, 0.15) is 16.7 Å². The summed E-state index contributed by atoms with van der Waals surface area (Å²) in [4.78, 5) is 43.5. The Kier molecular flexibility index (Phi) is 9.52. The summed E-state index contributed by atoms with van der Waals surface area (Å²) in [6.45, 7) is 10.1. The molecule has 1 aromatic heterocycles. The standard InChI is InChI=1S/C22H35N3O6S/c1-20(2,3)30-18(27)25(19(28)31-21(4,5)6)16-15(10-9-12-24-16)14-22(23,11-13-32-8)17(26)29-7/h9-10,12H,11,13-14,23H2,1-8H3. The predicted molar refractivity (Wildman–Crippen MR) is 125 cm³/mol. The lowest BCUT2D eigenvalue weighted by Gasteiger charge is -2.31. The van der Waals surface area contributed by atoms with Crippen LogP contribution in [0.5, 0.6) is 0 Å². The number of methoxy groups -OCH3 is 1. The second kappa shape index (κ2) is 11.0. The normalized spacial score (nSPS) is 13.7. The largest absolute Gasteiger partial charge is 0.468 e. The van der Waals surface area contributed by atoms with E-state index in [1.54, 1.807) is 53.7 Å². The number of hydrogen-bond donors (Lipinski definition) is 1. The Hall–Kier alpha value is -2.33. The van der Waals surface area contributed by atoms with Crippen molar-refractivity contribution in [3.8, 4) is 0 Å². The second-order valence-corrected chi connectivity index (χ2v) is 10.3. The van der Waals surface area contributed by atoms with Crippen LogP contribution in [0.15, 0.2) is 18.3 Å². The van der Waals surface area contributed by atoms with E-state index >= 15 is 0 Å². The van der Waals surface area contributed by atoms with Crippen LogP contribution in [0.4, 0.5) is 15.4 Å². The van der Waals surface area contributed by atoms with Gasteiger partial charge in [-0.1, -0.05) is 6.07 Å². The molecule has 1 rings (SSSR count). The smallest absolute Gasteiger partial charge is 0.425 e. The minimum Gasteiger partial charge on any atom is -0.468 e. The first kappa shape index (κ1) is 27.7. The topological polar surface area (TPSA) is 121 Å². The molecule has 2 N–H and O–H groups in total. The van der Waals surface area contributed by atoms with E-state index in [-0.39, 0.29) is 12.2 Å². The number of amides is 2. The minimum atomic E-state index is -1.37. The van der Waals surface area contributed by atoms with Gasteiger partial charge in [0.15, 0.2) is 5.82 Å². The number of carbonyl (C=O) groups excluding carboxylic acids is 3. The average molecular weight is 470 g/mol. The number of nitrogens with two attached hydrogens (primary N) is 1. The third-order valence-corrected chi connectivity index (χ3v) is 4.69. The van der Waals surface area contributed by atoms with Crippen molar-refractivity contribution in [1.82, 2.24) is 4.98 Å². The van der Waals surface area contributed by atoms with Gasteiger partial charge in [-0.3, -0.25) is 4.79 Å². The Bertz CT molecular complexity index is 791. The van der Waals surface area contributed by atoms with E-state index < -0.39 is 34.9 Å². The Morgan fingerprint density at radius 1 is 1.06 bits per heavy atom. The lowest BCUT2D eigenvalue weighted by molar-refractivity contribution is -0.147. The van der Waals surface area contributed by atoms with Crippen LogP contribution in [0.2, 0.25) is 0 Å². The van der Waals surface area contributed by atoms with E-state index in [0.717, 1.165) is 4.90 Å². The number of aromatic nitrogens is 1. The Labute approximate surface area is 194 Å². The van der Waals surface area contributed by atoms with Crippen molar-refractivity contribution in [2.75, 3.05) is 24.0 Å². The molecule has 9 nitrogen and oxygen atoms in total. The fourth-order valence-electron chi connectivity index (χ4n) is 2.72. The molecule has 1 aromatic rings. The molecule has 1 unspecified atom stereocenters. The summed E-state index contributed by atoms with van der Waals surface area (Å²) in [5, 5.41) is 0. The van der Waals surface area contributed by atoms with Crippen LogP contribution in [-0.4, -0.2) is 59.0 Å². The van der Waals surface area contributed by atoms with Gasteiger partial charge in [0.25, 0.3) is 0 Å². The van der Waals surface area contributed by atoms with Gasteiger partial charge >= 0.3 is 18.2 Å². The summed E-state index contributed by atoms with van der Waals surface area (Å²) < 4.78 is 15.8. The molecule has 0 aliphatic rings. The third kappa shape index (κ3) is 8.31. The first-order valence-electron chi connectivity index (χ1n) is 10.2. The maximum absolute atomic E-state index is 13.0. The number of esters is 1. The number of rotatable bonds is 7. The summed E-state index contributed by atoms with van der Waals surface area (Å²) in [6.07, 6.45) is 1.76. The van der Waals surface area contributed by atoms with Crippen molar-refractivity contribution in [3.63, 3.8) is 0 Å². The fourth-order valence-corrected chi connectivity index (χ4v) is 3.29.